The van der Waals surface area contributed by atoms with Crippen molar-refractivity contribution in [2.24, 2.45) is 0 Å². The highest BCUT2D eigenvalue weighted by molar-refractivity contribution is 6.32. The average Bonchev–Trinajstić information content (AvgIpc) is 2.96. The molecule has 1 heterocycles. The molecule has 3 aromatic rings. The Labute approximate surface area is 169 Å². The molecular weight excluding hydrogens is 377 g/mol. The van der Waals surface area contributed by atoms with Crippen LogP contribution in [-0.4, -0.2) is 17.0 Å². The van der Waals surface area contributed by atoms with Gasteiger partial charge in [0.2, 0.25) is 5.78 Å². The molecule has 3 rings (SSSR count). The van der Waals surface area contributed by atoms with E-state index in [4.69, 9.17) is 16.3 Å². The predicted molar refractivity (Wildman–Crippen MR) is 110 cm³/mol. The molecule has 0 amide bonds. The van der Waals surface area contributed by atoms with Crippen LogP contribution >= 0.6 is 11.6 Å². The molecular formula is C23H23ClFNO2. The first-order valence-corrected chi connectivity index (χ1v) is 9.56. The Morgan fingerprint density at radius 2 is 1.79 bits per heavy atom. The maximum atomic E-state index is 13.0. The molecule has 0 radical (unpaired) electrons. The number of aryl methyl sites for hydroxylation is 3. The summed E-state index contributed by atoms with van der Waals surface area (Å²) < 4.78 is 20.8. The van der Waals surface area contributed by atoms with Crippen LogP contribution in [0.3, 0.4) is 0 Å². The number of hydrogen-bond acceptors (Lipinski definition) is 2. The second-order valence-electron chi connectivity index (χ2n) is 6.96. The Bertz CT molecular complexity index is 993. The van der Waals surface area contributed by atoms with Crippen LogP contribution < -0.4 is 4.74 Å². The van der Waals surface area contributed by atoms with E-state index in [0.717, 1.165) is 35.5 Å². The molecule has 0 bridgehead atoms. The van der Waals surface area contributed by atoms with E-state index in [1.165, 1.54) is 12.1 Å². The zero-order valence-corrected chi connectivity index (χ0v) is 17.0. The molecule has 0 atom stereocenters. The second kappa shape index (κ2) is 8.61. The largest absolute Gasteiger partial charge is 0.484 e. The van der Waals surface area contributed by atoms with Gasteiger partial charge in [0, 0.05) is 23.5 Å². The van der Waals surface area contributed by atoms with Gasteiger partial charge in [0.15, 0.2) is 6.61 Å². The van der Waals surface area contributed by atoms with Gasteiger partial charge in [0.25, 0.3) is 0 Å². The summed E-state index contributed by atoms with van der Waals surface area (Å²) in [6.07, 6.45) is 0.764. The van der Waals surface area contributed by atoms with Gasteiger partial charge in [-0.3, -0.25) is 4.79 Å². The van der Waals surface area contributed by atoms with Crippen molar-refractivity contribution < 1.29 is 13.9 Å². The third-order valence-corrected chi connectivity index (χ3v) is 5.17. The standard InChI is InChI=1S/C23H23ClFNO2/c1-15-4-9-21(24)23(12-15)28-14-22(27)20-13-16(2)26(17(20)3)11-10-18-5-7-19(25)8-6-18/h4-9,12-13H,10-11,14H2,1-3H3. The number of halogens is 2. The molecule has 0 aliphatic heterocycles. The lowest BCUT2D eigenvalue weighted by atomic mass is 10.1. The van der Waals surface area contributed by atoms with Crippen molar-refractivity contribution in [3.63, 3.8) is 0 Å². The van der Waals surface area contributed by atoms with E-state index in [9.17, 15) is 9.18 Å². The zero-order valence-electron chi connectivity index (χ0n) is 16.3. The second-order valence-corrected chi connectivity index (χ2v) is 7.37. The van der Waals surface area contributed by atoms with Crippen LogP contribution in [0.1, 0.15) is 32.9 Å². The summed E-state index contributed by atoms with van der Waals surface area (Å²) in [5, 5.41) is 0.489. The van der Waals surface area contributed by atoms with E-state index in [0.29, 0.717) is 16.3 Å². The summed E-state index contributed by atoms with van der Waals surface area (Å²) in [7, 11) is 0. The van der Waals surface area contributed by atoms with E-state index in [2.05, 4.69) is 4.57 Å². The topological polar surface area (TPSA) is 31.2 Å². The molecule has 0 aliphatic rings. The number of carbonyl (C=O) groups excluding carboxylic acids is 1. The number of ketones is 1. The predicted octanol–water partition coefficient (Wildman–Crippen LogP) is 5.71. The highest BCUT2D eigenvalue weighted by atomic mass is 35.5. The van der Waals surface area contributed by atoms with Gasteiger partial charge in [-0.2, -0.15) is 0 Å². The normalized spacial score (nSPS) is 10.9. The quantitative estimate of drug-likeness (QED) is 0.476. The maximum absolute atomic E-state index is 13.0. The molecule has 3 nitrogen and oxygen atoms in total. The molecule has 0 aliphatic carbocycles. The van der Waals surface area contributed by atoms with Gasteiger partial charge in [-0.1, -0.05) is 29.8 Å². The Morgan fingerprint density at radius 3 is 2.50 bits per heavy atom. The van der Waals surface area contributed by atoms with Gasteiger partial charge >= 0.3 is 0 Å². The van der Waals surface area contributed by atoms with Gasteiger partial charge in [0.1, 0.15) is 11.6 Å². The Morgan fingerprint density at radius 1 is 1.07 bits per heavy atom. The molecule has 28 heavy (non-hydrogen) atoms. The van der Waals surface area contributed by atoms with Crippen LogP contribution in [0.4, 0.5) is 4.39 Å². The highest BCUT2D eigenvalue weighted by Crippen LogP contribution is 2.26. The van der Waals surface area contributed by atoms with Crippen LogP contribution in [0.15, 0.2) is 48.5 Å². The summed E-state index contributed by atoms with van der Waals surface area (Å²) in [5.74, 6) is 0.192. The Kier molecular flexibility index (Phi) is 6.20. The van der Waals surface area contributed by atoms with Crippen molar-refractivity contribution >= 4 is 17.4 Å². The summed E-state index contributed by atoms with van der Waals surface area (Å²) in [4.78, 5) is 12.7. The molecule has 0 spiro atoms. The average molecular weight is 400 g/mol. The number of rotatable bonds is 7. The van der Waals surface area contributed by atoms with Gasteiger partial charge < -0.3 is 9.30 Å². The highest BCUT2D eigenvalue weighted by Gasteiger charge is 2.17. The lowest BCUT2D eigenvalue weighted by Crippen LogP contribution is -2.13. The van der Waals surface area contributed by atoms with Crippen molar-refractivity contribution in [3.05, 3.63) is 87.4 Å². The molecule has 1 aromatic heterocycles. The van der Waals surface area contributed by atoms with Crippen molar-refractivity contribution in [2.75, 3.05) is 6.61 Å². The monoisotopic (exact) mass is 399 g/mol. The van der Waals surface area contributed by atoms with Crippen LogP contribution in [-0.2, 0) is 13.0 Å². The molecule has 0 saturated heterocycles. The Hall–Kier alpha value is -2.59. The molecule has 146 valence electrons. The van der Waals surface area contributed by atoms with Gasteiger partial charge in [0.05, 0.1) is 5.02 Å². The summed E-state index contributed by atoms with van der Waals surface area (Å²) in [6, 6.07) is 13.9. The molecule has 0 saturated carbocycles. The van der Waals surface area contributed by atoms with Crippen molar-refractivity contribution in [2.45, 2.75) is 33.7 Å². The number of Topliss-reactive ketones (excluding diaryl/α,β-unsaturated/α-hetero) is 1. The first kappa shape index (κ1) is 20.2. The molecule has 2 aromatic carbocycles. The van der Waals surface area contributed by atoms with E-state index >= 15 is 0 Å². The zero-order chi connectivity index (χ0) is 20.3. The van der Waals surface area contributed by atoms with Crippen LogP contribution in [0.2, 0.25) is 5.02 Å². The number of nitrogens with zero attached hydrogens (tertiary/aromatic N) is 1. The van der Waals surface area contributed by atoms with Crippen molar-refractivity contribution in [1.29, 1.82) is 0 Å². The molecule has 5 heteroatoms. The first-order chi connectivity index (χ1) is 13.3. The maximum Gasteiger partial charge on any atom is 0.202 e. The van der Waals surface area contributed by atoms with Gasteiger partial charge in [-0.15, -0.1) is 0 Å². The summed E-state index contributed by atoms with van der Waals surface area (Å²) in [6.45, 7) is 6.52. The summed E-state index contributed by atoms with van der Waals surface area (Å²) >= 11 is 6.13. The fourth-order valence-electron chi connectivity index (χ4n) is 3.26. The first-order valence-electron chi connectivity index (χ1n) is 9.18. The van der Waals surface area contributed by atoms with E-state index in [1.54, 1.807) is 18.2 Å². The fourth-order valence-corrected chi connectivity index (χ4v) is 3.43. The lowest BCUT2D eigenvalue weighted by Gasteiger charge is -2.11. The van der Waals surface area contributed by atoms with E-state index in [-0.39, 0.29) is 18.2 Å². The minimum Gasteiger partial charge on any atom is -0.484 e. The van der Waals surface area contributed by atoms with E-state index < -0.39 is 0 Å². The Balaban J connectivity index is 1.68. The number of aromatic nitrogens is 1. The number of hydrogen-bond donors (Lipinski definition) is 0. The minimum absolute atomic E-state index is 0.0641. The number of ether oxygens (including phenoxy) is 1. The number of carbonyl (C=O) groups is 1. The summed E-state index contributed by atoms with van der Waals surface area (Å²) in [5.41, 5.74) is 4.64. The SMILES string of the molecule is Cc1ccc(Cl)c(OCC(=O)c2cc(C)n(CCc3ccc(F)cc3)c2C)c1. The minimum atomic E-state index is -0.237. The lowest BCUT2D eigenvalue weighted by molar-refractivity contribution is 0.0921. The number of benzene rings is 2. The van der Waals surface area contributed by atoms with Gasteiger partial charge in [-0.25, -0.2) is 4.39 Å². The van der Waals surface area contributed by atoms with Crippen LogP contribution in [0, 0.1) is 26.6 Å². The van der Waals surface area contributed by atoms with Crippen molar-refractivity contribution in [1.82, 2.24) is 4.57 Å². The molecule has 0 N–H and O–H groups in total. The smallest absolute Gasteiger partial charge is 0.202 e. The van der Waals surface area contributed by atoms with Crippen LogP contribution in [0.5, 0.6) is 5.75 Å². The molecule has 0 fully saturated rings. The van der Waals surface area contributed by atoms with Gasteiger partial charge in [-0.05, 0) is 68.7 Å². The third kappa shape index (κ3) is 4.63. The van der Waals surface area contributed by atoms with Crippen LogP contribution in [0.25, 0.3) is 0 Å². The van der Waals surface area contributed by atoms with Crippen molar-refractivity contribution in [3.8, 4) is 5.75 Å². The third-order valence-electron chi connectivity index (χ3n) is 4.86. The fraction of sp³-hybridized carbons (Fsp3) is 0.261. The van der Waals surface area contributed by atoms with E-state index in [1.807, 2.05) is 39.0 Å². The molecule has 0 unspecified atom stereocenters.